The smallest absolute Gasteiger partial charge is 0.251 e. The predicted molar refractivity (Wildman–Crippen MR) is 251 cm³/mol. The summed E-state index contributed by atoms with van der Waals surface area (Å²) in [7, 11) is 0. The molecule has 1 saturated carbocycles. The van der Waals surface area contributed by atoms with E-state index in [1.807, 2.05) is 71.9 Å². The second-order valence-corrected chi connectivity index (χ2v) is 19.7. The molecule has 4 aromatic rings. The van der Waals surface area contributed by atoms with Gasteiger partial charge in [0.15, 0.2) is 12.2 Å². The molecular weight excluding hydrogens is 876 g/mol. The molecule has 1 aromatic heterocycles. The molecule has 0 spiro atoms. The first-order valence-corrected chi connectivity index (χ1v) is 22.5. The summed E-state index contributed by atoms with van der Waals surface area (Å²) < 4.78 is 23.0. The topological polar surface area (TPSA) is 205 Å². The number of β-amino-alcohol motifs (C(OH)–C–C–N with tert-alkyl or cyclic N) is 1. The fraction of sp³-hybridized carbons (Fsp3) is 0.451. The van der Waals surface area contributed by atoms with Crippen molar-refractivity contribution in [2.45, 2.75) is 105 Å². The van der Waals surface area contributed by atoms with Crippen LogP contribution in [0.5, 0.6) is 11.5 Å². The van der Waals surface area contributed by atoms with Crippen molar-refractivity contribution >= 4 is 35.2 Å². The lowest BCUT2D eigenvalue weighted by Gasteiger charge is -2.63. The molecule has 2 heterocycles. The van der Waals surface area contributed by atoms with E-state index >= 15 is 0 Å². The van der Waals surface area contributed by atoms with E-state index in [0.29, 0.717) is 33.4 Å². The number of hydrogen-bond acceptors (Lipinski definition) is 11. The number of carbonyl (C=O) groups excluding carboxylic acids is 4. The molecule has 4 amide bonds. The Balaban J connectivity index is 0.931. The van der Waals surface area contributed by atoms with E-state index in [1.165, 1.54) is 11.3 Å². The first kappa shape index (κ1) is 50.0. The maximum Gasteiger partial charge on any atom is 0.251 e. The number of aliphatic hydroxyl groups is 1. The third-order valence-electron chi connectivity index (χ3n) is 12.4. The number of benzene rings is 3. The zero-order valence-electron chi connectivity index (χ0n) is 39.4. The van der Waals surface area contributed by atoms with Crippen LogP contribution in [0.3, 0.4) is 0 Å². The normalized spacial score (nSPS) is 20.2. The molecule has 4 N–H and O–H groups in total. The number of halogens is 1. The summed E-state index contributed by atoms with van der Waals surface area (Å²) in [5.41, 5.74) is 1.72. The highest BCUT2D eigenvalue weighted by atomic mass is 35.5. The SMILES string of the molecule is Cc1ncoc1-c1ccc([C@H](C)NC(=O)[C@@H]2C[C@@H](O)CN2C(=O)[C@@H](NC(=O)COCC#CCOc2ccc(C(=O)NC3C(C)(C)C(Oc4ccc(C#N)c(Cl)c4)C3(C)C)cc2)C(C)(C)C)cc1. The number of amides is 4. The van der Waals surface area contributed by atoms with Gasteiger partial charge in [0, 0.05) is 47.0 Å². The average molecular weight is 936 g/mol. The number of likely N-dealkylation sites (tertiary alicyclic amines) is 1. The molecule has 6 rings (SSSR count). The molecule has 1 aliphatic carbocycles. The quantitative estimate of drug-likeness (QED) is 0.0743. The number of aliphatic hydroxyl groups excluding tert-OH is 1. The molecule has 0 radical (unpaired) electrons. The van der Waals surface area contributed by atoms with Gasteiger partial charge in [-0.15, -0.1) is 0 Å². The van der Waals surface area contributed by atoms with Crippen molar-refractivity contribution in [3.8, 4) is 40.7 Å². The molecule has 1 aliphatic heterocycles. The van der Waals surface area contributed by atoms with Crippen LogP contribution in [0.4, 0.5) is 0 Å². The van der Waals surface area contributed by atoms with Crippen LogP contribution in [0.2, 0.25) is 5.02 Å². The van der Waals surface area contributed by atoms with Crippen LogP contribution < -0.4 is 25.4 Å². The van der Waals surface area contributed by atoms with Crippen molar-refractivity contribution in [3.63, 3.8) is 0 Å². The van der Waals surface area contributed by atoms with Crippen LogP contribution >= 0.6 is 11.6 Å². The molecule has 2 aliphatic rings. The predicted octanol–water partition coefficient (Wildman–Crippen LogP) is 6.56. The summed E-state index contributed by atoms with van der Waals surface area (Å²) >= 11 is 6.23. The van der Waals surface area contributed by atoms with Gasteiger partial charge in [-0.05, 0) is 61.2 Å². The molecule has 4 atom stereocenters. The number of nitriles is 1. The highest BCUT2D eigenvalue weighted by molar-refractivity contribution is 6.31. The minimum absolute atomic E-state index is 0.0307. The molecule has 0 bridgehead atoms. The highest BCUT2D eigenvalue weighted by Crippen LogP contribution is 2.55. The number of nitrogens with one attached hydrogen (secondary N) is 3. The summed E-state index contributed by atoms with van der Waals surface area (Å²) in [5.74, 6) is 5.70. The van der Waals surface area contributed by atoms with Gasteiger partial charge in [-0.3, -0.25) is 19.2 Å². The summed E-state index contributed by atoms with van der Waals surface area (Å²) in [5, 5.41) is 29.1. The minimum Gasteiger partial charge on any atom is -0.489 e. The van der Waals surface area contributed by atoms with Gasteiger partial charge in [0.2, 0.25) is 17.7 Å². The maximum atomic E-state index is 14.0. The zero-order valence-corrected chi connectivity index (χ0v) is 40.1. The third kappa shape index (κ3) is 11.6. The summed E-state index contributed by atoms with van der Waals surface area (Å²) in [6.07, 6.45) is 0.302. The zero-order chi connectivity index (χ0) is 48.8. The molecule has 2 fully saturated rings. The highest BCUT2D eigenvalue weighted by Gasteiger charge is 2.64. The number of rotatable bonds is 15. The van der Waals surface area contributed by atoms with Crippen LogP contribution in [0.25, 0.3) is 11.3 Å². The number of hydrogen-bond donors (Lipinski definition) is 4. The number of nitrogens with zero attached hydrogens (tertiary/aromatic N) is 3. The van der Waals surface area contributed by atoms with Gasteiger partial charge in [-0.25, -0.2) is 4.98 Å². The number of oxazole rings is 1. The molecule has 67 heavy (non-hydrogen) atoms. The Hall–Kier alpha value is -6.39. The van der Waals surface area contributed by atoms with Gasteiger partial charge in [-0.2, -0.15) is 5.26 Å². The lowest BCUT2D eigenvalue weighted by Crippen LogP contribution is -2.74. The van der Waals surface area contributed by atoms with E-state index in [9.17, 15) is 29.5 Å². The number of aromatic nitrogens is 1. The number of ether oxygens (including phenoxy) is 3. The Morgan fingerprint density at radius 3 is 2.24 bits per heavy atom. The second kappa shape index (κ2) is 20.6. The van der Waals surface area contributed by atoms with Gasteiger partial charge < -0.3 is 44.6 Å². The van der Waals surface area contributed by atoms with Crippen molar-refractivity contribution in [3.05, 3.63) is 101 Å². The van der Waals surface area contributed by atoms with Gasteiger partial charge in [0.05, 0.1) is 28.4 Å². The Bertz CT molecular complexity index is 2530. The number of carbonyl (C=O) groups is 4. The number of aryl methyl sites for hydroxylation is 1. The van der Waals surface area contributed by atoms with Gasteiger partial charge in [0.1, 0.15) is 55.6 Å². The molecule has 1 saturated heterocycles. The first-order chi connectivity index (χ1) is 31.6. The van der Waals surface area contributed by atoms with Crippen molar-refractivity contribution < 1.29 is 42.9 Å². The summed E-state index contributed by atoms with van der Waals surface area (Å²) in [6.45, 7) is 16.8. The van der Waals surface area contributed by atoms with E-state index in [0.717, 1.165) is 16.8 Å². The van der Waals surface area contributed by atoms with Crippen molar-refractivity contribution in [1.82, 2.24) is 25.8 Å². The van der Waals surface area contributed by atoms with Gasteiger partial charge in [-0.1, -0.05) is 96.2 Å². The Morgan fingerprint density at radius 1 is 0.970 bits per heavy atom. The maximum absolute atomic E-state index is 14.0. The van der Waals surface area contributed by atoms with Crippen molar-refractivity contribution in [1.29, 1.82) is 5.26 Å². The van der Waals surface area contributed by atoms with E-state index in [4.69, 9.17) is 30.2 Å². The monoisotopic (exact) mass is 934 g/mol. The van der Waals surface area contributed by atoms with E-state index in [2.05, 4.69) is 32.8 Å². The van der Waals surface area contributed by atoms with Crippen LogP contribution in [-0.4, -0.2) is 95.3 Å². The van der Waals surface area contributed by atoms with Crippen LogP contribution in [-0.2, 0) is 19.1 Å². The summed E-state index contributed by atoms with van der Waals surface area (Å²) in [4.78, 5) is 59.5. The fourth-order valence-electron chi connectivity index (χ4n) is 9.15. The summed E-state index contributed by atoms with van der Waals surface area (Å²) in [6, 6.07) is 18.7. The Labute approximate surface area is 396 Å². The fourth-order valence-corrected chi connectivity index (χ4v) is 9.36. The van der Waals surface area contributed by atoms with E-state index in [-0.39, 0.29) is 50.8 Å². The standard InChI is InChI=1S/C51H59ClN6O9/c1-30(32-12-14-33(15-13-32)42-31(2)54-29-66-42)55-45(62)40-24-36(59)27-58(40)46(63)43(49(3,4)5)56-41(60)28-64-22-10-11-23-65-37-19-16-34(17-20-37)44(61)57-47-50(6,7)48(51(47,8)9)67-38-21-18-35(26-53)39(52)25-38/h12-21,25,29-30,36,40,43,47-48,59H,22-24,27-28H2,1-9H3,(H,55,62)(H,56,60)(H,57,61)/t30-,36+,40-,43+,47?,48?/m0/s1. The molecule has 0 unspecified atom stereocenters. The van der Waals surface area contributed by atoms with Crippen molar-refractivity contribution in [2.24, 2.45) is 16.2 Å². The van der Waals surface area contributed by atoms with E-state index < -0.39 is 58.2 Å². The lowest BCUT2D eigenvalue weighted by molar-refractivity contribution is -0.164. The minimum atomic E-state index is -1.02. The largest absolute Gasteiger partial charge is 0.489 e. The molecule has 15 nitrogen and oxygen atoms in total. The second-order valence-electron chi connectivity index (χ2n) is 19.3. The Kier molecular flexibility index (Phi) is 15.4. The lowest BCUT2D eigenvalue weighted by atomic mass is 9.49. The third-order valence-corrected chi connectivity index (χ3v) is 12.8. The van der Waals surface area contributed by atoms with E-state index in [1.54, 1.807) is 63.2 Å². The Morgan fingerprint density at radius 2 is 1.63 bits per heavy atom. The van der Waals surface area contributed by atoms with Gasteiger partial charge in [0.25, 0.3) is 5.91 Å². The van der Waals surface area contributed by atoms with Crippen molar-refractivity contribution in [2.75, 3.05) is 26.4 Å². The average Bonchev–Trinajstić information content (AvgIpc) is 3.90. The molecule has 354 valence electrons. The molecule has 16 heteroatoms. The van der Waals surface area contributed by atoms with Crippen LogP contribution in [0.1, 0.15) is 95.0 Å². The first-order valence-electron chi connectivity index (χ1n) is 22.1. The van der Waals surface area contributed by atoms with Crippen LogP contribution in [0, 0.1) is 46.3 Å². The molecular formula is C51H59ClN6O9. The van der Waals surface area contributed by atoms with Crippen LogP contribution in [0.15, 0.2) is 77.5 Å². The molecule has 3 aromatic carbocycles. The van der Waals surface area contributed by atoms with Gasteiger partial charge >= 0.3 is 0 Å².